The van der Waals surface area contributed by atoms with Crippen LogP contribution in [0.2, 0.25) is 0 Å². The van der Waals surface area contributed by atoms with Gasteiger partial charge in [0.05, 0.1) is 17.8 Å². The summed E-state index contributed by atoms with van der Waals surface area (Å²) in [6.45, 7) is 0.0755. The van der Waals surface area contributed by atoms with Gasteiger partial charge < -0.3 is 15.6 Å². The number of nitrogens with one attached hydrogen (secondary N) is 1. The van der Waals surface area contributed by atoms with Gasteiger partial charge in [-0.1, -0.05) is 0 Å². The van der Waals surface area contributed by atoms with E-state index in [1.807, 2.05) is 0 Å². The molecule has 0 saturated heterocycles. The minimum atomic E-state index is -0.970. The fourth-order valence-electron chi connectivity index (χ4n) is 1.46. The Bertz CT molecular complexity index is 626. The van der Waals surface area contributed by atoms with Crippen molar-refractivity contribution in [2.24, 2.45) is 7.05 Å². The van der Waals surface area contributed by atoms with Gasteiger partial charge in [0, 0.05) is 13.1 Å². The van der Waals surface area contributed by atoms with Crippen LogP contribution in [0.15, 0.2) is 18.5 Å². The Morgan fingerprint density at radius 1 is 1.42 bits per heavy atom. The summed E-state index contributed by atoms with van der Waals surface area (Å²) in [5.41, 5.74) is 4.69. The number of benzene rings is 1. The summed E-state index contributed by atoms with van der Waals surface area (Å²) in [6, 6.07) is 1.53. The Hall–Kier alpha value is -2.51. The van der Waals surface area contributed by atoms with Crippen LogP contribution in [0.5, 0.6) is 0 Å². The van der Waals surface area contributed by atoms with E-state index in [0.717, 1.165) is 6.07 Å². The summed E-state index contributed by atoms with van der Waals surface area (Å²) in [5.74, 6) is -2.07. The first-order chi connectivity index (χ1) is 8.99. The molecule has 0 saturated carbocycles. The largest absolute Gasteiger partial charge is 0.396 e. The topological polar surface area (TPSA) is 85.8 Å². The molecule has 0 radical (unpaired) electrons. The zero-order valence-electron chi connectivity index (χ0n) is 10.0. The number of carbonyl (C=O) groups is 1. The van der Waals surface area contributed by atoms with E-state index in [-0.39, 0.29) is 17.8 Å². The molecule has 100 valence electrons. The van der Waals surface area contributed by atoms with Crippen molar-refractivity contribution in [3.8, 4) is 0 Å². The molecule has 0 spiro atoms. The van der Waals surface area contributed by atoms with Crippen LogP contribution in [0.25, 0.3) is 0 Å². The number of rotatable bonds is 3. The summed E-state index contributed by atoms with van der Waals surface area (Å²) < 4.78 is 28.0. The SMILES string of the molecule is Cn1cnnc1CNC(=O)c1cc(N)c(F)cc1F. The van der Waals surface area contributed by atoms with Crippen molar-refractivity contribution in [1.29, 1.82) is 0 Å². The van der Waals surface area contributed by atoms with Gasteiger partial charge in [0.2, 0.25) is 0 Å². The van der Waals surface area contributed by atoms with Gasteiger partial charge in [-0.15, -0.1) is 10.2 Å². The Kier molecular flexibility index (Phi) is 3.41. The maximum atomic E-state index is 13.4. The minimum Gasteiger partial charge on any atom is -0.396 e. The number of hydrogen-bond donors (Lipinski definition) is 2. The summed E-state index contributed by atoms with van der Waals surface area (Å²) >= 11 is 0. The second-order valence-corrected chi connectivity index (χ2v) is 3.89. The lowest BCUT2D eigenvalue weighted by atomic mass is 10.1. The maximum absolute atomic E-state index is 13.4. The van der Waals surface area contributed by atoms with E-state index in [1.54, 1.807) is 11.6 Å². The van der Waals surface area contributed by atoms with Gasteiger partial charge in [0.15, 0.2) is 5.82 Å². The summed E-state index contributed by atoms with van der Waals surface area (Å²) in [4.78, 5) is 11.7. The zero-order chi connectivity index (χ0) is 14.0. The average Bonchev–Trinajstić information content (AvgIpc) is 2.76. The molecule has 0 aliphatic heterocycles. The van der Waals surface area contributed by atoms with Gasteiger partial charge in [-0.25, -0.2) is 8.78 Å². The molecule has 0 fully saturated rings. The van der Waals surface area contributed by atoms with E-state index in [4.69, 9.17) is 5.73 Å². The molecule has 0 aliphatic carbocycles. The zero-order valence-corrected chi connectivity index (χ0v) is 10.0. The fourth-order valence-corrected chi connectivity index (χ4v) is 1.46. The van der Waals surface area contributed by atoms with E-state index in [9.17, 15) is 13.6 Å². The number of carbonyl (C=O) groups excluding carboxylic acids is 1. The Morgan fingerprint density at radius 2 is 2.16 bits per heavy atom. The van der Waals surface area contributed by atoms with E-state index < -0.39 is 17.5 Å². The van der Waals surface area contributed by atoms with Crippen LogP contribution in [-0.4, -0.2) is 20.7 Å². The summed E-state index contributed by atoms with van der Waals surface area (Å²) in [7, 11) is 1.71. The van der Waals surface area contributed by atoms with Gasteiger partial charge in [0.1, 0.15) is 18.0 Å². The number of hydrogen-bond acceptors (Lipinski definition) is 4. The lowest BCUT2D eigenvalue weighted by molar-refractivity contribution is 0.0945. The maximum Gasteiger partial charge on any atom is 0.254 e. The second-order valence-electron chi connectivity index (χ2n) is 3.89. The molecule has 6 nitrogen and oxygen atoms in total. The molecule has 19 heavy (non-hydrogen) atoms. The standard InChI is InChI=1S/C11H11F2N5O/c1-18-5-16-17-10(18)4-15-11(19)6-2-9(14)8(13)3-7(6)12/h2-3,5H,4,14H2,1H3,(H,15,19). The van der Waals surface area contributed by atoms with Gasteiger partial charge in [-0.3, -0.25) is 4.79 Å². The highest BCUT2D eigenvalue weighted by Gasteiger charge is 2.15. The number of amides is 1. The molecular weight excluding hydrogens is 256 g/mol. The molecule has 1 amide bonds. The Balaban J connectivity index is 2.12. The third-order valence-electron chi connectivity index (χ3n) is 2.54. The third kappa shape index (κ3) is 2.67. The number of nitrogens with zero attached hydrogens (tertiary/aromatic N) is 3. The van der Waals surface area contributed by atoms with Crippen LogP contribution < -0.4 is 11.1 Å². The quantitative estimate of drug-likeness (QED) is 0.798. The van der Waals surface area contributed by atoms with Crippen LogP contribution in [0, 0.1) is 11.6 Å². The normalized spacial score (nSPS) is 10.5. The fraction of sp³-hybridized carbons (Fsp3) is 0.182. The van der Waals surface area contributed by atoms with Gasteiger partial charge in [-0.2, -0.15) is 0 Å². The number of aryl methyl sites for hydroxylation is 1. The highest BCUT2D eigenvalue weighted by molar-refractivity contribution is 5.95. The van der Waals surface area contributed by atoms with E-state index in [2.05, 4.69) is 15.5 Å². The molecule has 0 unspecified atom stereocenters. The third-order valence-corrected chi connectivity index (χ3v) is 2.54. The molecule has 1 aromatic carbocycles. The Labute approximate surface area is 107 Å². The van der Waals surface area contributed by atoms with Crippen molar-refractivity contribution in [3.05, 3.63) is 41.5 Å². The van der Waals surface area contributed by atoms with Crippen molar-refractivity contribution >= 4 is 11.6 Å². The van der Waals surface area contributed by atoms with E-state index in [0.29, 0.717) is 11.9 Å². The van der Waals surface area contributed by atoms with E-state index >= 15 is 0 Å². The molecule has 8 heteroatoms. The summed E-state index contributed by atoms with van der Waals surface area (Å²) in [6.07, 6.45) is 1.47. The molecule has 1 aromatic heterocycles. The number of anilines is 1. The lowest BCUT2D eigenvalue weighted by Gasteiger charge is -2.07. The van der Waals surface area contributed by atoms with Crippen LogP contribution in [-0.2, 0) is 13.6 Å². The molecule has 1 heterocycles. The highest BCUT2D eigenvalue weighted by atomic mass is 19.1. The minimum absolute atomic E-state index is 0.0755. The first kappa shape index (κ1) is 12.9. The van der Waals surface area contributed by atoms with Crippen molar-refractivity contribution in [2.45, 2.75) is 6.54 Å². The van der Waals surface area contributed by atoms with Crippen molar-refractivity contribution < 1.29 is 13.6 Å². The van der Waals surface area contributed by atoms with Crippen LogP contribution in [0.3, 0.4) is 0 Å². The first-order valence-corrected chi connectivity index (χ1v) is 5.34. The average molecular weight is 267 g/mol. The van der Waals surface area contributed by atoms with Crippen molar-refractivity contribution in [3.63, 3.8) is 0 Å². The smallest absolute Gasteiger partial charge is 0.254 e. The van der Waals surface area contributed by atoms with Gasteiger partial charge in [-0.05, 0) is 6.07 Å². The molecule has 3 N–H and O–H groups in total. The first-order valence-electron chi connectivity index (χ1n) is 5.34. The molecule has 0 bridgehead atoms. The molecular formula is C11H11F2N5O. The molecule has 0 aliphatic rings. The van der Waals surface area contributed by atoms with Gasteiger partial charge >= 0.3 is 0 Å². The van der Waals surface area contributed by atoms with Crippen LogP contribution >= 0.6 is 0 Å². The molecule has 2 aromatic rings. The number of nitrogens with two attached hydrogens (primary N) is 1. The molecule has 0 atom stereocenters. The van der Waals surface area contributed by atoms with Gasteiger partial charge in [0.25, 0.3) is 5.91 Å². The summed E-state index contributed by atoms with van der Waals surface area (Å²) in [5, 5.41) is 9.84. The van der Waals surface area contributed by atoms with Crippen LogP contribution in [0.1, 0.15) is 16.2 Å². The predicted octanol–water partition coefficient (Wildman–Crippen LogP) is 0.605. The number of aromatic nitrogens is 3. The van der Waals surface area contributed by atoms with Crippen LogP contribution in [0.4, 0.5) is 14.5 Å². The predicted molar refractivity (Wildman–Crippen MR) is 62.9 cm³/mol. The monoisotopic (exact) mass is 267 g/mol. The molecule has 2 rings (SSSR count). The Morgan fingerprint density at radius 3 is 2.79 bits per heavy atom. The lowest BCUT2D eigenvalue weighted by Crippen LogP contribution is -2.25. The van der Waals surface area contributed by atoms with E-state index in [1.165, 1.54) is 6.33 Å². The van der Waals surface area contributed by atoms with Crippen molar-refractivity contribution in [1.82, 2.24) is 20.1 Å². The second kappa shape index (κ2) is 5.01. The highest BCUT2D eigenvalue weighted by Crippen LogP contribution is 2.16. The number of halogens is 2. The number of nitrogen functional groups attached to an aromatic ring is 1. The van der Waals surface area contributed by atoms with Crippen molar-refractivity contribution in [2.75, 3.05) is 5.73 Å².